The average molecular weight is 283 g/mol. The molecule has 2 aromatic rings. The number of aromatic nitrogens is 1. The summed E-state index contributed by atoms with van der Waals surface area (Å²) in [6.07, 6.45) is 3.82. The molecule has 0 aliphatic rings. The predicted octanol–water partition coefficient (Wildman–Crippen LogP) is 5.78. The predicted molar refractivity (Wildman–Crippen MR) is 87.9 cm³/mol. The van der Waals surface area contributed by atoms with Gasteiger partial charge in [0.05, 0.1) is 5.69 Å². The van der Waals surface area contributed by atoms with Crippen molar-refractivity contribution >= 4 is 6.08 Å². The average Bonchev–Trinajstić information content (AvgIpc) is 2.46. The smallest absolute Gasteiger partial charge is 0.123 e. The molecule has 21 heavy (non-hydrogen) atoms. The molecule has 0 N–H and O–H groups in total. The van der Waals surface area contributed by atoms with Crippen molar-refractivity contribution < 1.29 is 4.39 Å². The molecular weight excluding hydrogens is 261 g/mol. The molecule has 1 heterocycles. The SMILES string of the molecule is C=Cc1c(C(C)C)ncc(C(C)C)c1-c1ccc(F)cc1. The summed E-state index contributed by atoms with van der Waals surface area (Å²) in [7, 11) is 0. The minimum absolute atomic E-state index is 0.219. The van der Waals surface area contributed by atoms with Gasteiger partial charge in [0.2, 0.25) is 0 Å². The van der Waals surface area contributed by atoms with Crippen LogP contribution in [0.1, 0.15) is 56.4 Å². The summed E-state index contributed by atoms with van der Waals surface area (Å²) in [6, 6.07) is 6.66. The van der Waals surface area contributed by atoms with E-state index < -0.39 is 0 Å². The van der Waals surface area contributed by atoms with Crippen LogP contribution in [0.15, 0.2) is 37.0 Å². The zero-order chi connectivity index (χ0) is 15.6. The van der Waals surface area contributed by atoms with Crippen molar-refractivity contribution in [1.82, 2.24) is 4.98 Å². The second kappa shape index (κ2) is 6.21. The fourth-order valence-corrected chi connectivity index (χ4v) is 2.60. The Balaban J connectivity index is 2.78. The fourth-order valence-electron chi connectivity index (χ4n) is 2.60. The van der Waals surface area contributed by atoms with Crippen LogP contribution in [0.3, 0.4) is 0 Å². The fraction of sp³-hybridized carbons (Fsp3) is 0.316. The number of hydrogen-bond acceptors (Lipinski definition) is 1. The van der Waals surface area contributed by atoms with Gasteiger partial charge in [-0.2, -0.15) is 0 Å². The van der Waals surface area contributed by atoms with Gasteiger partial charge in [0.25, 0.3) is 0 Å². The molecule has 0 aliphatic heterocycles. The number of hydrogen-bond donors (Lipinski definition) is 0. The lowest BCUT2D eigenvalue weighted by atomic mass is 9.87. The Hall–Kier alpha value is -1.96. The summed E-state index contributed by atoms with van der Waals surface area (Å²) in [4.78, 5) is 4.63. The van der Waals surface area contributed by atoms with Crippen molar-refractivity contribution in [3.05, 3.63) is 59.7 Å². The molecule has 2 heteroatoms. The van der Waals surface area contributed by atoms with Crippen molar-refractivity contribution in [1.29, 1.82) is 0 Å². The summed E-state index contributed by atoms with van der Waals surface area (Å²) in [5.41, 5.74) is 5.40. The molecule has 0 bridgehead atoms. The Kier molecular flexibility index (Phi) is 4.56. The molecule has 0 radical (unpaired) electrons. The monoisotopic (exact) mass is 283 g/mol. The second-order valence-electron chi connectivity index (χ2n) is 5.91. The van der Waals surface area contributed by atoms with Gasteiger partial charge in [-0.25, -0.2) is 4.39 Å². The largest absolute Gasteiger partial charge is 0.260 e. The summed E-state index contributed by atoms with van der Waals surface area (Å²) in [5.74, 6) is 0.444. The second-order valence-corrected chi connectivity index (χ2v) is 5.91. The highest BCUT2D eigenvalue weighted by Gasteiger charge is 2.18. The van der Waals surface area contributed by atoms with E-state index in [1.165, 1.54) is 17.7 Å². The molecular formula is C19H22FN. The molecule has 0 spiro atoms. The number of nitrogens with zero attached hydrogens (tertiary/aromatic N) is 1. The topological polar surface area (TPSA) is 12.9 Å². The van der Waals surface area contributed by atoms with E-state index in [-0.39, 0.29) is 5.82 Å². The van der Waals surface area contributed by atoms with Gasteiger partial charge in [-0.15, -0.1) is 0 Å². The standard InChI is InChI=1S/C19H22FN/c1-6-16-18(14-7-9-15(20)10-8-14)17(12(2)3)11-21-19(16)13(4)5/h6-13H,1H2,2-5H3. The van der Waals surface area contributed by atoms with E-state index in [0.717, 1.165) is 22.4 Å². The first-order valence-corrected chi connectivity index (χ1v) is 7.36. The van der Waals surface area contributed by atoms with Crippen LogP contribution >= 0.6 is 0 Å². The first-order chi connectivity index (χ1) is 9.95. The molecule has 0 fully saturated rings. The Morgan fingerprint density at radius 1 is 1.05 bits per heavy atom. The van der Waals surface area contributed by atoms with Crippen molar-refractivity contribution in [2.75, 3.05) is 0 Å². The van der Waals surface area contributed by atoms with Crippen molar-refractivity contribution in [2.24, 2.45) is 0 Å². The number of halogens is 1. The third kappa shape index (κ3) is 3.05. The minimum Gasteiger partial charge on any atom is -0.260 e. The number of benzene rings is 1. The van der Waals surface area contributed by atoms with Crippen LogP contribution in [0.2, 0.25) is 0 Å². The Morgan fingerprint density at radius 3 is 2.14 bits per heavy atom. The van der Waals surface area contributed by atoms with Crippen LogP contribution in [0.25, 0.3) is 17.2 Å². The van der Waals surface area contributed by atoms with Crippen molar-refractivity contribution in [3.63, 3.8) is 0 Å². The molecule has 1 nitrogen and oxygen atoms in total. The van der Waals surface area contributed by atoms with Gasteiger partial charge < -0.3 is 0 Å². The molecule has 0 atom stereocenters. The molecule has 1 aromatic heterocycles. The highest BCUT2D eigenvalue weighted by molar-refractivity contribution is 5.79. The van der Waals surface area contributed by atoms with Crippen LogP contribution in [-0.2, 0) is 0 Å². The zero-order valence-electron chi connectivity index (χ0n) is 13.2. The van der Waals surface area contributed by atoms with Gasteiger partial charge in [0.1, 0.15) is 5.82 Å². The Labute approximate surface area is 126 Å². The van der Waals surface area contributed by atoms with E-state index in [9.17, 15) is 4.39 Å². The summed E-state index contributed by atoms with van der Waals surface area (Å²) < 4.78 is 13.2. The van der Waals surface area contributed by atoms with Gasteiger partial charge in [-0.05, 0) is 40.7 Å². The van der Waals surface area contributed by atoms with E-state index in [4.69, 9.17) is 0 Å². The number of pyridine rings is 1. The third-order valence-corrected chi connectivity index (χ3v) is 3.68. The third-order valence-electron chi connectivity index (χ3n) is 3.68. The summed E-state index contributed by atoms with van der Waals surface area (Å²) >= 11 is 0. The van der Waals surface area contributed by atoms with E-state index in [0.29, 0.717) is 11.8 Å². The van der Waals surface area contributed by atoms with E-state index in [1.54, 1.807) is 0 Å². The first-order valence-electron chi connectivity index (χ1n) is 7.36. The lowest BCUT2D eigenvalue weighted by Gasteiger charge is -2.20. The maximum absolute atomic E-state index is 13.2. The normalized spacial score (nSPS) is 11.2. The molecule has 0 saturated heterocycles. The zero-order valence-corrected chi connectivity index (χ0v) is 13.2. The Bertz CT molecular complexity index is 639. The molecule has 0 unspecified atom stereocenters. The summed E-state index contributed by atoms with van der Waals surface area (Å²) in [6.45, 7) is 12.5. The Morgan fingerprint density at radius 2 is 1.67 bits per heavy atom. The van der Waals surface area contributed by atoms with E-state index in [1.807, 2.05) is 24.4 Å². The van der Waals surface area contributed by atoms with E-state index in [2.05, 4.69) is 39.3 Å². The molecule has 110 valence electrons. The molecule has 1 aromatic carbocycles. The van der Waals surface area contributed by atoms with Crippen molar-refractivity contribution in [2.45, 2.75) is 39.5 Å². The van der Waals surface area contributed by atoms with Gasteiger partial charge in [0, 0.05) is 11.8 Å². The van der Waals surface area contributed by atoms with Crippen molar-refractivity contribution in [3.8, 4) is 11.1 Å². The highest BCUT2D eigenvalue weighted by atomic mass is 19.1. The molecule has 0 amide bonds. The summed E-state index contributed by atoms with van der Waals surface area (Å²) in [5, 5.41) is 0. The molecule has 2 rings (SSSR count). The maximum atomic E-state index is 13.2. The lowest BCUT2D eigenvalue weighted by molar-refractivity contribution is 0.628. The van der Waals surface area contributed by atoms with Crippen LogP contribution in [0.5, 0.6) is 0 Å². The lowest BCUT2D eigenvalue weighted by Crippen LogP contribution is -2.04. The van der Waals surface area contributed by atoms with Gasteiger partial charge in [0.15, 0.2) is 0 Å². The van der Waals surface area contributed by atoms with Crippen LogP contribution in [0.4, 0.5) is 4.39 Å². The van der Waals surface area contributed by atoms with Crippen LogP contribution < -0.4 is 0 Å². The van der Waals surface area contributed by atoms with Gasteiger partial charge in [-0.3, -0.25) is 4.98 Å². The number of rotatable bonds is 4. The van der Waals surface area contributed by atoms with Gasteiger partial charge in [-0.1, -0.05) is 52.5 Å². The van der Waals surface area contributed by atoms with Gasteiger partial charge >= 0.3 is 0 Å². The first kappa shape index (κ1) is 15.4. The molecule has 0 aliphatic carbocycles. The maximum Gasteiger partial charge on any atom is 0.123 e. The van der Waals surface area contributed by atoms with Crippen LogP contribution in [0, 0.1) is 5.82 Å². The quantitative estimate of drug-likeness (QED) is 0.693. The van der Waals surface area contributed by atoms with Crippen LogP contribution in [-0.4, -0.2) is 4.98 Å². The molecule has 0 saturated carbocycles. The minimum atomic E-state index is -0.219. The highest BCUT2D eigenvalue weighted by Crippen LogP contribution is 2.36. The van der Waals surface area contributed by atoms with E-state index >= 15 is 0 Å².